The van der Waals surface area contributed by atoms with Crippen LogP contribution in [0.3, 0.4) is 0 Å². The van der Waals surface area contributed by atoms with Gasteiger partial charge in [0.1, 0.15) is 5.75 Å². The number of nitrogens with two attached hydrogens (primary N) is 1. The summed E-state index contributed by atoms with van der Waals surface area (Å²) in [6, 6.07) is 10.2. The van der Waals surface area contributed by atoms with Crippen molar-refractivity contribution in [3.63, 3.8) is 0 Å². The summed E-state index contributed by atoms with van der Waals surface area (Å²) in [5, 5.41) is 11.7. The number of phenols is 1. The molecule has 1 aliphatic heterocycles. The van der Waals surface area contributed by atoms with Crippen molar-refractivity contribution in [3.05, 3.63) is 76.1 Å². The fraction of sp³-hybridized carbons (Fsp3) is 0.296. The number of fused-ring (bicyclic) bond motifs is 1. The van der Waals surface area contributed by atoms with Crippen molar-refractivity contribution in [2.75, 3.05) is 30.3 Å². The molecule has 3 aromatic rings. The Hall–Kier alpha value is -2.33. The smallest absolute Gasteiger partial charge is 0.340 e. The van der Waals surface area contributed by atoms with Gasteiger partial charge in [0.05, 0.1) is 27.8 Å². The second-order valence-corrected chi connectivity index (χ2v) is 11.2. The van der Waals surface area contributed by atoms with Crippen molar-refractivity contribution in [1.29, 1.82) is 0 Å². The Kier molecular flexibility index (Phi) is 9.11. The van der Waals surface area contributed by atoms with Crippen LogP contribution in [0.25, 0.3) is 10.9 Å². The molecule has 0 bridgehead atoms. The van der Waals surface area contributed by atoms with Gasteiger partial charge in [-0.2, -0.15) is 11.8 Å². The maximum Gasteiger partial charge on any atom is 0.340 e. The fourth-order valence-corrected chi connectivity index (χ4v) is 6.67. The number of para-hydroxylation sites is 1. The van der Waals surface area contributed by atoms with Crippen molar-refractivity contribution >= 4 is 62.0 Å². The van der Waals surface area contributed by atoms with Crippen LogP contribution in [0.15, 0.2) is 64.1 Å². The Morgan fingerprint density at radius 2 is 2.06 bits per heavy atom. The number of nitrogens with zero attached hydrogens (tertiary/aromatic N) is 2. The van der Waals surface area contributed by atoms with Crippen molar-refractivity contribution in [3.8, 4) is 5.75 Å². The molecule has 0 spiro atoms. The second-order valence-electron chi connectivity index (χ2n) is 8.20. The Labute approximate surface area is 228 Å². The average molecular weight is 589 g/mol. The van der Waals surface area contributed by atoms with Gasteiger partial charge in [0.2, 0.25) is 0 Å². The van der Waals surface area contributed by atoms with Gasteiger partial charge in [-0.3, -0.25) is 0 Å². The molecular weight excluding hydrogens is 558 g/mol. The van der Waals surface area contributed by atoms with Crippen LogP contribution in [-0.2, 0) is 23.3 Å². The lowest BCUT2D eigenvalue weighted by molar-refractivity contribution is 0.0527. The normalized spacial score (nSPS) is 13.1. The zero-order valence-electron chi connectivity index (χ0n) is 20.4. The van der Waals surface area contributed by atoms with Crippen molar-refractivity contribution < 1.29 is 14.6 Å². The lowest BCUT2D eigenvalue weighted by atomic mass is 10.0. The maximum atomic E-state index is 13.3. The van der Waals surface area contributed by atoms with Crippen LogP contribution in [-0.4, -0.2) is 41.1 Å². The molecule has 1 aliphatic rings. The van der Waals surface area contributed by atoms with Gasteiger partial charge in [-0.1, -0.05) is 24.3 Å². The van der Waals surface area contributed by atoms with Crippen LogP contribution in [0.5, 0.6) is 5.75 Å². The average Bonchev–Trinajstić information content (AvgIpc) is 3.17. The highest BCUT2D eigenvalue weighted by atomic mass is 79.9. The van der Waals surface area contributed by atoms with Crippen molar-refractivity contribution in [1.82, 2.24) is 4.57 Å². The largest absolute Gasteiger partial charge is 0.506 e. The molecule has 0 saturated carbocycles. The molecule has 2 aromatic carbocycles. The third-order valence-electron chi connectivity index (χ3n) is 5.98. The third kappa shape index (κ3) is 5.49. The van der Waals surface area contributed by atoms with Gasteiger partial charge in [-0.25, -0.2) is 4.79 Å². The van der Waals surface area contributed by atoms with E-state index in [4.69, 9.17) is 10.5 Å². The quantitative estimate of drug-likeness (QED) is 0.166. The maximum absolute atomic E-state index is 13.3. The lowest BCUT2D eigenvalue weighted by Gasteiger charge is -2.23. The minimum atomic E-state index is -0.372. The number of aryl methyl sites for hydroxylation is 1. The molecule has 190 valence electrons. The molecule has 0 amide bonds. The van der Waals surface area contributed by atoms with Gasteiger partial charge in [-0.15, -0.1) is 11.8 Å². The van der Waals surface area contributed by atoms with E-state index < -0.39 is 0 Å². The van der Waals surface area contributed by atoms with Crippen LogP contribution in [0.4, 0.5) is 5.69 Å². The van der Waals surface area contributed by atoms with Gasteiger partial charge in [0.25, 0.3) is 0 Å². The van der Waals surface area contributed by atoms with Gasteiger partial charge in [-0.05, 0) is 47.1 Å². The summed E-state index contributed by atoms with van der Waals surface area (Å²) in [4.78, 5) is 16.6. The Balaban J connectivity index is 1.79. The number of anilines is 1. The van der Waals surface area contributed by atoms with E-state index in [-0.39, 0.29) is 18.3 Å². The number of aromatic nitrogens is 1. The Morgan fingerprint density at radius 3 is 2.78 bits per heavy atom. The molecule has 0 aliphatic carbocycles. The van der Waals surface area contributed by atoms with E-state index in [2.05, 4.69) is 45.2 Å². The fourth-order valence-electron chi connectivity index (χ4n) is 4.28. The molecule has 0 unspecified atom stereocenters. The summed E-state index contributed by atoms with van der Waals surface area (Å²) in [5.41, 5.74) is 9.79. The number of esters is 1. The number of carbonyl (C=O) groups excluding carboxylic acids is 1. The van der Waals surface area contributed by atoms with Crippen LogP contribution in [0.1, 0.15) is 28.5 Å². The number of rotatable bonds is 10. The van der Waals surface area contributed by atoms with Gasteiger partial charge in [0, 0.05) is 65.1 Å². The van der Waals surface area contributed by atoms with Gasteiger partial charge >= 0.3 is 5.97 Å². The van der Waals surface area contributed by atoms with E-state index in [1.54, 1.807) is 30.4 Å². The number of allylic oxidation sites excluding steroid dienone is 2. The monoisotopic (exact) mass is 587 g/mol. The minimum absolute atomic E-state index is 0.151. The molecule has 6 nitrogen and oxygen atoms in total. The number of thioether (sulfide) groups is 2. The number of carbonyl (C=O) groups is 1. The molecule has 3 N–H and O–H groups in total. The van der Waals surface area contributed by atoms with E-state index in [0.29, 0.717) is 28.1 Å². The van der Waals surface area contributed by atoms with E-state index >= 15 is 0 Å². The summed E-state index contributed by atoms with van der Waals surface area (Å²) in [7, 11) is 1.96. The number of phenolic OH excluding ortho intramolecular Hbond substituents is 1. The molecule has 36 heavy (non-hydrogen) atoms. The van der Waals surface area contributed by atoms with Crippen molar-refractivity contribution in [2.24, 2.45) is 12.8 Å². The number of halogens is 1. The first-order chi connectivity index (χ1) is 17.5. The molecule has 2 heterocycles. The first-order valence-electron chi connectivity index (χ1n) is 11.8. The standard InChI is InChI=1S/C27H30BrN3O3S2/c1-3-34-27(33)25-22(17-36-23-10-6-5-9-20(23)31-12-7-4-8-13-31)30(2)21-15-19(28)26(32)18(24(21)25)16-35-14-11-29/h4-10,12,15,32H,3,11,13-14,16-17,29H2,1-2H3. The number of aromatic hydroxyl groups is 1. The van der Waals surface area contributed by atoms with E-state index in [1.165, 1.54) is 0 Å². The van der Waals surface area contributed by atoms with E-state index in [1.807, 2.05) is 42.0 Å². The number of hydrogen-bond acceptors (Lipinski definition) is 7. The zero-order valence-corrected chi connectivity index (χ0v) is 23.6. The number of benzene rings is 2. The minimum Gasteiger partial charge on any atom is -0.506 e. The molecule has 4 rings (SSSR count). The highest BCUT2D eigenvalue weighted by Crippen LogP contribution is 2.42. The molecule has 0 fully saturated rings. The molecule has 9 heteroatoms. The highest BCUT2D eigenvalue weighted by molar-refractivity contribution is 9.10. The summed E-state index contributed by atoms with van der Waals surface area (Å²) in [5.74, 6) is 1.65. The summed E-state index contributed by atoms with van der Waals surface area (Å²) >= 11 is 6.82. The van der Waals surface area contributed by atoms with Crippen LogP contribution in [0, 0.1) is 0 Å². The predicted molar refractivity (Wildman–Crippen MR) is 155 cm³/mol. The first kappa shape index (κ1) is 26.7. The molecule has 1 aromatic heterocycles. The van der Waals surface area contributed by atoms with Crippen molar-refractivity contribution in [2.45, 2.75) is 23.3 Å². The van der Waals surface area contributed by atoms with E-state index in [0.717, 1.165) is 45.0 Å². The molecule has 0 atom stereocenters. The topological polar surface area (TPSA) is 80.7 Å². The van der Waals surface area contributed by atoms with Crippen LogP contribution < -0.4 is 10.6 Å². The number of hydrogen-bond donors (Lipinski definition) is 2. The zero-order chi connectivity index (χ0) is 25.7. The summed E-state index contributed by atoms with van der Waals surface area (Å²) < 4.78 is 8.15. The second kappa shape index (κ2) is 12.3. The third-order valence-corrected chi connectivity index (χ3v) is 8.68. The Bertz CT molecular complexity index is 1320. The predicted octanol–water partition coefficient (Wildman–Crippen LogP) is 6.20. The van der Waals surface area contributed by atoms with E-state index in [9.17, 15) is 9.90 Å². The number of ether oxygens (including phenoxy) is 1. The van der Waals surface area contributed by atoms with Crippen LogP contribution in [0.2, 0.25) is 0 Å². The summed E-state index contributed by atoms with van der Waals surface area (Å²) in [6.45, 7) is 3.44. The highest BCUT2D eigenvalue weighted by Gasteiger charge is 2.27. The molecule has 0 saturated heterocycles. The lowest BCUT2D eigenvalue weighted by Crippen LogP contribution is -2.18. The van der Waals surface area contributed by atoms with Gasteiger partial charge < -0.3 is 25.0 Å². The first-order valence-corrected chi connectivity index (χ1v) is 14.7. The molecule has 0 radical (unpaired) electrons. The Morgan fingerprint density at radius 1 is 1.25 bits per heavy atom. The van der Waals surface area contributed by atoms with Crippen LogP contribution >= 0.6 is 39.5 Å². The molecular formula is C27H30BrN3O3S2. The SMILES string of the molecule is CCOC(=O)c1c(CSc2ccccc2N2C=CC=CC2)n(C)c2cc(Br)c(O)c(CSCCN)c12. The summed E-state index contributed by atoms with van der Waals surface area (Å²) in [6.07, 6.45) is 8.28. The van der Waals surface area contributed by atoms with Gasteiger partial charge in [0.15, 0.2) is 0 Å².